The first kappa shape index (κ1) is 15.8. The quantitative estimate of drug-likeness (QED) is 0.750. The summed E-state index contributed by atoms with van der Waals surface area (Å²) in [6, 6.07) is 7.76. The number of hydrogen-bond acceptors (Lipinski definition) is 2. The first-order valence-electron chi connectivity index (χ1n) is 6.43. The van der Waals surface area contributed by atoms with Gasteiger partial charge in [-0.05, 0) is 38.5 Å². The van der Waals surface area contributed by atoms with E-state index in [1.54, 1.807) is 7.11 Å². The van der Waals surface area contributed by atoms with E-state index >= 15 is 0 Å². The van der Waals surface area contributed by atoms with Gasteiger partial charge in [0.15, 0.2) is 0 Å². The Labute approximate surface area is 120 Å². The minimum Gasteiger partial charge on any atom is -0.497 e. The van der Waals surface area contributed by atoms with E-state index in [2.05, 4.69) is 0 Å². The Morgan fingerprint density at radius 3 is 2.32 bits per heavy atom. The minimum absolute atomic E-state index is 0.0841. The molecule has 19 heavy (non-hydrogen) atoms. The first-order valence-corrected chi connectivity index (χ1v) is 6.96. The highest BCUT2D eigenvalue weighted by Gasteiger charge is 2.30. The van der Waals surface area contributed by atoms with Crippen molar-refractivity contribution >= 4 is 17.5 Å². The number of carbonyl (C=O) groups is 1. The smallest absolute Gasteiger partial charge is 0.229 e. The maximum atomic E-state index is 12.4. The number of halogens is 1. The zero-order chi connectivity index (χ0) is 14.5. The molecule has 1 amide bonds. The predicted octanol–water partition coefficient (Wildman–Crippen LogP) is 3.31. The summed E-state index contributed by atoms with van der Waals surface area (Å²) >= 11 is 5.87. The fourth-order valence-electron chi connectivity index (χ4n) is 1.76. The molecule has 0 bridgehead atoms. The van der Waals surface area contributed by atoms with Crippen LogP contribution in [0.2, 0.25) is 0 Å². The van der Waals surface area contributed by atoms with Crippen LogP contribution in [-0.2, 0) is 11.3 Å². The molecule has 0 saturated carbocycles. The van der Waals surface area contributed by atoms with Gasteiger partial charge in [0.1, 0.15) is 5.75 Å². The van der Waals surface area contributed by atoms with Crippen LogP contribution in [0.4, 0.5) is 0 Å². The molecule has 1 rings (SSSR count). The summed E-state index contributed by atoms with van der Waals surface area (Å²) in [7, 11) is 1.64. The molecule has 4 heteroatoms. The van der Waals surface area contributed by atoms with E-state index in [0.717, 1.165) is 11.3 Å². The van der Waals surface area contributed by atoms with Gasteiger partial charge in [0, 0.05) is 19.0 Å². The summed E-state index contributed by atoms with van der Waals surface area (Å²) in [6.07, 6.45) is 0. The van der Waals surface area contributed by atoms with Crippen LogP contribution in [0.15, 0.2) is 24.3 Å². The Bertz CT molecular complexity index is 415. The highest BCUT2D eigenvalue weighted by atomic mass is 35.5. The van der Waals surface area contributed by atoms with Gasteiger partial charge in [0.05, 0.1) is 12.5 Å². The van der Waals surface area contributed by atoms with Crippen molar-refractivity contribution in [3.8, 4) is 5.75 Å². The zero-order valence-corrected chi connectivity index (χ0v) is 12.8. The molecule has 0 aliphatic heterocycles. The van der Waals surface area contributed by atoms with E-state index < -0.39 is 5.41 Å². The number of rotatable bonds is 6. The number of hydrogen-bond donors (Lipinski definition) is 0. The Kier molecular flexibility index (Phi) is 5.67. The fourth-order valence-corrected chi connectivity index (χ4v) is 1.88. The number of amides is 1. The largest absolute Gasteiger partial charge is 0.497 e. The normalized spacial score (nSPS) is 11.2. The summed E-state index contributed by atoms with van der Waals surface area (Å²) in [6.45, 7) is 6.99. The molecular formula is C15H22ClNO2. The lowest BCUT2D eigenvalue weighted by atomic mass is 9.94. The van der Waals surface area contributed by atoms with Crippen molar-refractivity contribution in [2.24, 2.45) is 5.41 Å². The molecule has 0 saturated heterocycles. The maximum absolute atomic E-state index is 12.4. The van der Waals surface area contributed by atoms with Crippen LogP contribution >= 0.6 is 11.6 Å². The first-order chi connectivity index (χ1) is 8.94. The van der Waals surface area contributed by atoms with Crippen LogP contribution < -0.4 is 4.74 Å². The molecule has 3 nitrogen and oxygen atoms in total. The predicted molar refractivity (Wildman–Crippen MR) is 78.6 cm³/mol. The Morgan fingerprint density at radius 1 is 1.32 bits per heavy atom. The lowest BCUT2D eigenvalue weighted by Gasteiger charge is -2.30. The van der Waals surface area contributed by atoms with Gasteiger partial charge >= 0.3 is 0 Å². The van der Waals surface area contributed by atoms with Crippen molar-refractivity contribution in [2.45, 2.75) is 27.3 Å². The minimum atomic E-state index is -0.524. The molecule has 106 valence electrons. The summed E-state index contributed by atoms with van der Waals surface area (Å²) < 4.78 is 5.12. The molecular weight excluding hydrogens is 262 g/mol. The van der Waals surface area contributed by atoms with Gasteiger partial charge in [-0.15, -0.1) is 11.6 Å². The van der Waals surface area contributed by atoms with Gasteiger partial charge < -0.3 is 9.64 Å². The molecule has 1 aromatic rings. The third-order valence-corrected chi connectivity index (χ3v) is 3.78. The van der Waals surface area contributed by atoms with Crippen LogP contribution in [0.3, 0.4) is 0 Å². The Balaban J connectivity index is 2.78. The van der Waals surface area contributed by atoms with Crippen molar-refractivity contribution in [1.29, 1.82) is 0 Å². The van der Waals surface area contributed by atoms with Crippen LogP contribution in [0.25, 0.3) is 0 Å². The third kappa shape index (κ3) is 4.13. The number of benzene rings is 1. The van der Waals surface area contributed by atoms with E-state index in [-0.39, 0.29) is 5.91 Å². The molecule has 0 aliphatic rings. The highest BCUT2D eigenvalue weighted by molar-refractivity contribution is 6.19. The molecule has 1 aromatic carbocycles. The Morgan fingerprint density at radius 2 is 1.89 bits per heavy atom. The molecule has 0 N–H and O–H groups in total. The average Bonchev–Trinajstić information content (AvgIpc) is 2.44. The van der Waals surface area contributed by atoms with Gasteiger partial charge in [-0.1, -0.05) is 12.1 Å². The molecule has 0 unspecified atom stereocenters. The van der Waals surface area contributed by atoms with Gasteiger partial charge in [-0.25, -0.2) is 0 Å². The van der Waals surface area contributed by atoms with Gasteiger partial charge in [0.25, 0.3) is 0 Å². The molecule has 0 radical (unpaired) electrons. The van der Waals surface area contributed by atoms with Crippen LogP contribution in [0.1, 0.15) is 26.3 Å². The molecule has 0 aromatic heterocycles. The van der Waals surface area contributed by atoms with Crippen LogP contribution in [0, 0.1) is 5.41 Å². The number of nitrogens with zero attached hydrogens (tertiary/aromatic N) is 1. The van der Waals surface area contributed by atoms with E-state index in [4.69, 9.17) is 16.3 Å². The van der Waals surface area contributed by atoms with E-state index in [9.17, 15) is 4.79 Å². The van der Waals surface area contributed by atoms with Gasteiger partial charge in [-0.2, -0.15) is 0 Å². The summed E-state index contributed by atoms with van der Waals surface area (Å²) in [5.41, 5.74) is 0.561. The van der Waals surface area contributed by atoms with Crippen molar-refractivity contribution in [3.63, 3.8) is 0 Å². The standard InChI is InChI=1S/C15H22ClNO2/c1-5-17(14(18)15(2,3)11-16)10-12-6-8-13(19-4)9-7-12/h6-9H,5,10-11H2,1-4H3. The van der Waals surface area contributed by atoms with E-state index in [1.807, 2.05) is 49.9 Å². The number of alkyl halides is 1. The lowest BCUT2D eigenvalue weighted by molar-refractivity contribution is -0.139. The number of methoxy groups -OCH3 is 1. The molecule has 0 heterocycles. The SMILES string of the molecule is CCN(Cc1ccc(OC)cc1)C(=O)C(C)(C)CCl. The molecule has 0 fully saturated rings. The summed E-state index contributed by atoms with van der Waals surface area (Å²) in [5.74, 6) is 1.23. The topological polar surface area (TPSA) is 29.5 Å². The average molecular weight is 284 g/mol. The number of ether oxygens (including phenoxy) is 1. The van der Waals surface area contributed by atoms with Crippen molar-refractivity contribution in [1.82, 2.24) is 4.90 Å². The highest BCUT2D eigenvalue weighted by Crippen LogP contribution is 2.22. The summed E-state index contributed by atoms with van der Waals surface area (Å²) in [4.78, 5) is 14.2. The number of carbonyl (C=O) groups excluding carboxylic acids is 1. The van der Waals surface area contributed by atoms with E-state index in [0.29, 0.717) is 19.0 Å². The van der Waals surface area contributed by atoms with Crippen LogP contribution in [0.5, 0.6) is 5.75 Å². The second-order valence-electron chi connectivity index (χ2n) is 5.18. The van der Waals surface area contributed by atoms with Gasteiger partial charge in [0.2, 0.25) is 5.91 Å². The van der Waals surface area contributed by atoms with E-state index in [1.165, 1.54) is 0 Å². The van der Waals surface area contributed by atoms with Crippen molar-refractivity contribution in [2.75, 3.05) is 19.5 Å². The zero-order valence-electron chi connectivity index (χ0n) is 12.1. The Hall–Kier alpha value is -1.22. The maximum Gasteiger partial charge on any atom is 0.229 e. The monoisotopic (exact) mass is 283 g/mol. The fraction of sp³-hybridized carbons (Fsp3) is 0.533. The second-order valence-corrected chi connectivity index (χ2v) is 5.45. The lowest BCUT2D eigenvalue weighted by Crippen LogP contribution is -2.41. The summed E-state index contributed by atoms with van der Waals surface area (Å²) in [5, 5.41) is 0. The third-order valence-electron chi connectivity index (χ3n) is 3.11. The molecule has 0 aliphatic carbocycles. The van der Waals surface area contributed by atoms with Crippen molar-refractivity contribution in [3.05, 3.63) is 29.8 Å². The van der Waals surface area contributed by atoms with Gasteiger partial charge in [-0.3, -0.25) is 4.79 Å². The molecule has 0 atom stereocenters. The van der Waals surface area contributed by atoms with Crippen LogP contribution in [-0.4, -0.2) is 30.3 Å². The van der Waals surface area contributed by atoms with Crippen molar-refractivity contribution < 1.29 is 9.53 Å². The molecule has 0 spiro atoms. The second kappa shape index (κ2) is 6.80.